The number of nitriles is 1. The molecule has 1 aromatic carbocycles. The zero-order valence-corrected chi connectivity index (χ0v) is 14.0. The van der Waals surface area contributed by atoms with E-state index in [-0.39, 0.29) is 11.0 Å². The minimum Gasteiger partial charge on any atom is -0.355 e. The molecule has 0 unspecified atom stereocenters. The van der Waals surface area contributed by atoms with Crippen molar-refractivity contribution in [3.63, 3.8) is 0 Å². The molecule has 1 aromatic heterocycles. The summed E-state index contributed by atoms with van der Waals surface area (Å²) in [5.41, 5.74) is 1.36. The molecule has 0 radical (unpaired) electrons. The van der Waals surface area contributed by atoms with E-state index in [9.17, 15) is 9.65 Å². The van der Waals surface area contributed by atoms with Gasteiger partial charge in [-0.2, -0.15) is 9.64 Å². The second-order valence-electron chi connectivity index (χ2n) is 5.12. The summed E-state index contributed by atoms with van der Waals surface area (Å²) in [4.78, 5) is 4.11. The summed E-state index contributed by atoms with van der Waals surface area (Å²) in [7, 11) is 3.97. The van der Waals surface area contributed by atoms with E-state index in [0.717, 1.165) is 23.7 Å². The van der Waals surface area contributed by atoms with Crippen LogP contribution in [0.15, 0.2) is 24.3 Å². The number of rotatable bonds is 6. The smallest absolute Gasteiger partial charge is 0.162 e. The Morgan fingerprint density at radius 1 is 1.27 bits per heavy atom. The molecule has 116 valence electrons. The number of anilines is 1. The number of halogens is 2. The van der Waals surface area contributed by atoms with Crippen LogP contribution < -0.4 is 4.90 Å². The molecule has 0 atom stereocenters. The molecule has 1 heterocycles. The van der Waals surface area contributed by atoms with Crippen molar-refractivity contribution in [2.45, 2.75) is 6.54 Å². The van der Waals surface area contributed by atoms with E-state index in [1.54, 1.807) is 12.1 Å². The van der Waals surface area contributed by atoms with Gasteiger partial charge in [0.25, 0.3) is 0 Å². The average Bonchev–Trinajstić information content (AvgIpc) is 2.86. The van der Waals surface area contributed by atoms with Crippen LogP contribution in [0, 0.1) is 17.1 Å². The van der Waals surface area contributed by atoms with Gasteiger partial charge in [-0.1, -0.05) is 23.7 Å². The molecule has 0 amide bonds. The number of nitrogens with zero attached hydrogens (tertiary/aromatic N) is 4. The Balaban J connectivity index is 2.26. The Morgan fingerprint density at radius 2 is 1.95 bits per heavy atom. The zero-order chi connectivity index (χ0) is 16.1. The lowest BCUT2D eigenvalue weighted by Crippen LogP contribution is -2.31. The van der Waals surface area contributed by atoms with E-state index in [1.165, 1.54) is 23.7 Å². The van der Waals surface area contributed by atoms with Crippen LogP contribution >= 0.6 is 23.1 Å². The van der Waals surface area contributed by atoms with Crippen LogP contribution in [0.1, 0.15) is 11.1 Å². The second-order valence-corrected chi connectivity index (χ2v) is 6.23. The molecule has 0 aliphatic carbocycles. The van der Waals surface area contributed by atoms with Crippen molar-refractivity contribution in [3.05, 3.63) is 46.4 Å². The molecule has 2 rings (SSSR count). The lowest BCUT2D eigenvalue weighted by atomic mass is 10.2. The molecular formula is C15H16ClFN4S. The number of hydrogen-bond acceptors (Lipinski definition) is 5. The van der Waals surface area contributed by atoms with Gasteiger partial charge in [0.15, 0.2) is 5.15 Å². The molecular weight excluding hydrogens is 323 g/mol. The largest absolute Gasteiger partial charge is 0.355 e. The van der Waals surface area contributed by atoms with E-state index in [1.807, 2.05) is 14.1 Å². The molecule has 22 heavy (non-hydrogen) atoms. The third-order valence-corrected chi connectivity index (χ3v) is 4.42. The highest BCUT2D eigenvalue weighted by Crippen LogP contribution is 2.32. The van der Waals surface area contributed by atoms with Crippen molar-refractivity contribution in [1.29, 1.82) is 5.26 Å². The summed E-state index contributed by atoms with van der Waals surface area (Å²) in [6, 6.07) is 8.46. The van der Waals surface area contributed by atoms with Crippen LogP contribution in [0.3, 0.4) is 0 Å². The molecule has 2 aromatic rings. The normalized spacial score (nSPS) is 10.7. The third-order valence-electron chi connectivity index (χ3n) is 3.14. The predicted octanol–water partition coefficient (Wildman–Crippen LogP) is 3.38. The van der Waals surface area contributed by atoms with Crippen LogP contribution in [0.5, 0.6) is 0 Å². The van der Waals surface area contributed by atoms with Crippen molar-refractivity contribution >= 4 is 28.1 Å². The lowest BCUT2D eigenvalue weighted by molar-refractivity contribution is 0.413. The van der Waals surface area contributed by atoms with Gasteiger partial charge in [-0.3, -0.25) is 0 Å². The Morgan fingerprint density at radius 3 is 2.55 bits per heavy atom. The van der Waals surface area contributed by atoms with Crippen LogP contribution in [0.4, 0.5) is 9.39 Å². The summed E-state index contributed by atoms with van der Waals surface area (Å²) in [6.45, 7) is 2.11. The molecule has 0 saturated carbocycles. The topological polar surface area (TPSA) is 43.2 Å². The minimum atomic E-state index is -0.262. The fourth-order valence-corrected chi connectivity index (χ4v) is 3.01. The molecule has 7 heteroatoms. The van der Waals surface area contributed by atoms with E-state index in [2.05, 4.69) is 20.2 Å². The van der Waals surface area contributed by atoms with Crippen LogP contribution in [-0.4, -0.2) is 36.5 Å². The maximum absolute atomic E-state index is 13.0. The SMILES string of the molecule is CN(C)CCN(Cc1ccc(F)cc1)c1snc(Cl)c1C#N. The maximum atomic E-state index is 13.0. The predicted molar refractivity (Wildman–Crippen MR) is 87.8 cm³/mol. The Kier molecular flexibility index (Phi) is 5.72. The maximum Gasteiger partial charge on any atom is 0.162 e. The molecule has 0 aliphatic heterocycles. The van der Waals surface area contributed by atoms with Gasteiger partial charge < -0.3 is 9.80 Å². The van der Waals surface area contributed by atoms with Gasteiger partial charge in [0, 0.05) is 19.6 Å². The average molecular weight is 339 g/mol. The van der Waals surface area contributed by atoms with Gasteiger partial charge >= 0.3 is 0 Å². The van der Waals surface area contributed by atoms with Crippen molar-refractivity contribution in [2.75, 3.05) is 32.1 Å². The van der Waals surface area contributed by atoms with E-state index < -0.39 is 0 Å². The first-order chi connectivity index (χ1) is 10.5. The molecule has 0 bridgehead atoms. The number of likely N-dealkylation sites (N-methyl/N-ethyl adjacent to an activating group) is 1. The number of benzene rings is 1. The molecule has 0 saturated heterocycles. The molecule has 0 spiro atoms. The highest BCUT2D eigenvalue weighted by molar-refractivity contribution is 7.10. The van der Waals surface area contributed by atoms with Crippen LogP contribution in [-0.2, 0) is 6.54 Å². The van der Waals surface area contributed by atoms with Gasteiger partial charge in [-0.15, -0.1) is 0 Å². The highest BCUT2D eigenvalue weighted by atomic mass is 35.5. The molecule has 0 aliphatic rings. The zero-order valence-electron chi connectivity index (χ0n) is 12.4. The summed E-state index contributed by atoms with van der Waals surface area (Å²) in [5, 5.41) is 10.2. The van der Waals surface area contributed by atoms with Gasteiger partial charge in [-0.05, 0) is 43.3 Å². The van der Waals surface area contributed by atoms with E-state index >= 15 is 0 Å². The third kappa shape index (κ3) is 4.17. The summed E-state index contributed by atoms with van der Waals surface area (Å²) in [6.07, 6.45) is 0. The minimum absolute atomic E-state index is 0.233. The van der Waals surface area contributed by atoms with Crippen molar-refractivity contribution in [1.82, 2.24) is 9.27 Å². The first-order valence-corrected chi connectivity index (χ1v) is 7.85. The highest BCUT2D eigenvalue weighted by Gasteiger charge is 2.18. The Bertz CT molecular complexity index is 663. The summed E-state index contributed by atoms with van der Waals surface area (Å²) < 4.78 is 17.1. The van der Waals surface area contributed by atoms with E-state index in [0.29, 0.717) is 12.1 Å². The summed E-state index contributed by atoms with van der Waals surface area (Å²) in [5.74, 6) is -0.262. The van der Waals surface area contributed by atoms with Crippen molar-refractivity contribution in [2.24, 2.45) is 0 Å². The first kappa shape index (κ1) is 16.7. The van der Waals surface area contributed by atoms with Gasteiger partial charge in [0.2, 0.25) is 0 Å². The second kappa shape index (κ2) is 7.54. The fraction of sp³-hybridized carbons (Fsp3) is 0.333. The number of aromatic nitrogens is 1. The quantitative estimate of drug-likeness (QED) is 0.810. The monoisotopic (exact) mass is 338 g/mol. The Labute approximate surface area is 138 Å². The van der Waals surface area contributed by atoms with Crippen molar-refractivity contribution < 1.29 is 4.39 Å². The van der Waals surface area contributed by atoms with Gasteiger partial charge in [0.05, 0.1) is 0 Å². The first-order valence-electron chi connectivity index (χ1n) is 6.70. The van der Waals surface area contributed by atoms with E-state index in [4.69, 9.17) is 11.6 Å². The summed E-state index contributed by atoms with van der Waals surface area (Å²) >= 11 is 7.18. The number of hydrogen-bond donors (Lipinski definition) is 0. The van der Waals surface area contributed by atoms with Gasteiger partial charge in [0.1, 0.15) is 22.5 Å². The van der Waals surface area contributed by atoms with Crippen LogP contribution in [0.2, 0.25) is 5.15 Å². The molecule has 0 N–H and O–H groups in total. The standard InChI is InChI=1S/C15H16ClFN4S/c1-20(2)7-8-21(10-11-3-5-12(17)6-4-11)15-13(9-18)14(16)19-22-15/h3-6H,7-8,10H2,1-2H3. The van der Waals surface area contributed by atoms with Gasteiger partial charge in [-0.25, -0.2) is 4.39 Å². The molecule has 0 fully saturated rings. The Hall–Kier alpha value is -1.68. The fourth-order valence-electron chi connectivity index (χ4n) is 1.96. The lowest BCUT2D eigenvalue weighted by Gasteiger charge is -2.25. The van der Waals surface area contributed by atoms with Crippen LogP contribution in [0.25, 0.3) is 0 Å². The van der Waals surface area contributed by atoms with Crippen molar-refractivity contribution in [3.8, 4) is 6.07 Å². The molecule has 4 nitrogen and oxygen atoms in total.